The summed E-state index contributed by atoms with van der Waals surface area (Å²) in [6, 6.07) is 0. The predicted octanol–water partition coefficient (Wildman–Crippen LogP) is 3.86. The summed E-state index contributed by atoms with van der Waals surface area (Å²) in [7, 11) is 0. The Morgan fingerprint density at radius 2 is 1.60 bits per heavy atom. The zero-order chi connectivity index (χ0) is 11.7. The third-order valence-corrected chi connectivity index (χ3v) is 2.43. The van der Waals surface area contributed by atoms with Crippen molar-refractivity contribution in [2.75, 3.05) is 6.61 Å². The van der Waals surface area contributed by atoms with Gasteiger partial charge in [-0.05, 0) is 26.2 Å². The molecule has 0 aliphatic heterocycles. The fraction of sp³-hybridized carbons (Fsp3) is 0.769. The number of carbonyl (C=O) groups excluding carboxylic acids is 1. The van der Waals surface area contributed by atoms with Crippen LogP contribution in [0, 0.1) is 0 Å². The molecular weight excluding hydrogens is 188 g/mol. The van der Waals surface area contributed by atoms with Crippen molar-refractivity contribution in [2.45, 2.75) is 59.8 Å². The fourth-order valence-electron chi connectivity index (χ4n) is 1.73. The van der Waals surface area contributed by atoms with Gasteiger partial charge in [-0.25, -0.2) is 4.79 Å². The van der Waals surface area contributed by atoms with Crippen LogP contribution >= 0.6 is 0 Å². The van der Waals surface area contributed by atoms with Crippen LogP contribution in [0.5, 0.6) is 0 Å². The first-order valence-electron chi connectivity index (χ1n) is 6.09. The Labute approximate surface area is 93.7 Å². The molecule has 0 aliphatic rings. The Morgan fingerprint density at radius 1 is 1.00 bits per heavy atom. The monoisotopic (exact) mass is 212 g/mol. The van der Waals surface area contributed by atoms with Crippen LogP contribution in [-0.2, 0) is 9.53 Å². The Bertz CT molecular complexity index is 217. The second-order valence-corrected chi connectivity index (χ2v) is 3.66. The highest BCUT2D eigenvalue weighted by Crippen LogP contribution is 2.20. The third kappa shape index (κ3) is 5.01. The molecule has 0 N–H and O–H groups in total. The average molecular weight is 212 g/mol. The lowest BCUT2D eigenvalue weighted by Gasteiger charge is -2.12. The van der Waals surface area contributed by atoms with Crippen LogP contribution in [0.1, 0.15) is 59.8 Å². The number of hydrogen-bond acceptors (Lipinski definition) is 2. The van der Waals surface area contributed by atoms with Crippen LogP contribution in [-0.4, -0.2) is 12.6 Å². The Morgan fingerprint density at radius 3 is 2.00 bits per heavy atom. The van der Waals surface area contributed by atoms with Gasteiger partial charge in [-0.1, -0.05) is 39.2 Å². The molecule has 0 radical (unpaired) electrons. The fourth-order valence-corrected chi connectivity index (χ4v) is 1.73. The highest BCUT2D eigenvalue weighted by atomic mass is 16.5. The smallest absolute Gasteiger partial charge is 0.333 e. The summed E-state index contributed by atoms with van der Waals surface area (Å²) in [6.45, 7) is 8.67. The van der Waals surface area contributed by atoms with Gasteiger partial charge < -0.3 is 4.74 Å². The average Bonchev–Trinajstić information content (AvgIpc) is 2.23. The summed E-state index contributed by atoms with van der Waals surface area (Å²) in [6.07, 6.45) is 4.92. The molecule has 0 saturated heterocycles. The summed E-state index contributed by atoms with van der Waals surface area (Å²) in [5.41, 5.74) is 2.20. The zero-order valence-electron chi connectivity index (χ0n) is 10.6. The van der Waals surface area contributed by atoms with Gasteiger partial charge in [0.2, 0.25) is 0 Å². The first-order valence-corrected chi connectivity index (χ1v) is 6.09. The third-order valence-electron chi connectivity index (χ3n) is 2.43. The van der Waals surface area contributed by atoms with E-state index in [2.05, 4.69) is 20.8 Å². The Kier molecular flexibility index (Phi) is 8.06. The number of rotatable bonds is 7. The maximum Gasteiger partial charge on any atom is 0.333 e. The molecule has 0 amide bonds. The summed E-state index contributed by atoms with van der Waals surface area (Å²) in [5.74, 6) is -0.107. The van der Waals surface area contributed by atoms with Gasteiger partial charge in [0.05, 0.1) is 6.61 Å². The SMILES string of the molecule is CCC/C(CC)=C(\CCC)C(=O)OCC. The minimum atomic E-state index is -0.107. The number of ether oxygens (including phenoxy) is 1. The van der Waals surface area contributed by atoms with Gasteiger partial charge >= 0.3 is 5.97 Å². The molecule has 0 heterocycles. The summed E-state index contributed by atoms with van der Waals surface area (Å²) in [4.78, 5) is 11.7. The highest BCUT2D eigenvalue weighted by molar-refractivity contribution is 5.89. The molecule has 0 aromatic carbocycles. The summed E-state index contributed by atoms with van der Waals surface area (Å²) in [5, 5.41) is 0. The highest BCUT2D eigenvalue weighted by Gasteiger charge is 2.13. The first-order chi connectivity index (χ1) is 7.21. The summed E-state index contributed by atoms with van der Waals surface area (Å²) >= 11 is 0. The standard InChI is InChI=1S/C13H24O2/c1-5-9-11(7-3)12(10-6-2)13(14)15-8-4/h5-10H2,1-4H3/b12-11+. The maximum absolute atomic E-state index is 11.7. The van der Waals surface area contributed by atoms with Crippen molar-refractivity contribution in [3.05, 3.63) is 11.1 Å². The molecule has 0 rings (SSSR count). The lowest BCUT2D eigenvalue weighted by molar-refractivity contribution is -0.138. The minimum absolute atomic E-state index is 0.107. The lowest BCUT2D eigenvalue weighted by Crippen LogP contribution is -2.10. The molecule has 0 fully saturated rings. The topological polar surface area (TPSA) is 26.3 Å². The quantitative estimate of drug-likeness (QED) is 0.473. The normalized spacial score (nSPS) is 12.3. The van der Waals surface area contributed by atoms with E-state index in [1.165, 1.54) is 5.57 Å². The van der Waals surface area contributed by atoms with E-state index in [0.717, 1.165) is 37.7 Å². The van der Waals surface area contributed by atoms with Crippen LogP contribution in [0.3, 0.4) is 0 Å². The van der Waals surface area contributed by atoms with E-state index in [9.17, 15) is 4.79 Å². The molecular formula is C13H24O2. The molecule has 0 unspecified atom stereocenters. The van der Waals surface area contributed by atoms with E-state index >= 15 is 0 Å². The van der Waals surface area contributed by atoms with E-state index < -0.39 is 0 Å². The molecule has 0 aliphatic carbocycles. The molecule has 0 atom stereocenters. The van der Waals surface area contributed by atoms with Crippen molar-refractivity contribution in [3.8, 4) is 0 Å². The number of esters is 1. The summed E-state index contributed by atoms with van der Waals surface area (Å²) < 4.78 is 5.09. The van der Waals surface area contributed by atoms with Gasteiger partial charge in [-0.2, -0.15) is 0 Å². The van der Waals surface area contributed by atoms with Crippen molar-refractivity contribution in [3.63, 3.8) is 0 Å². The lowest BCUT2D eigenvalue weighted by atomic mass is 9.98. The van der Waals surface area contributed by atoms with Crippen molar-refractivity contribution in [1.82, 2.24) is 0 Å². The number of allylic oxidation sites excluding steroid dienone is 1. The molecule has 88 valence electrons. The molecule has 0 bridgehead atoms. The Hall–Kier alpha value is -0.790. The van der Waals surface area contributed by atoms with E-state index in [-0.39, 0.29) is 5.97 Å². The van der Waals surface area contributed by atoms with E-state index in [1.807, 2.05) is 6.92 Å². The van der Waals surface area contributed by atoms with Crippen LogP contribution in [0.2, 0.25) is 0 Å². The zero-order valence-corrected chi connectivity index (χ0v) is 10.6. The largest absolute Gasteiger partial charge is 0.463 e. The van der Waals surface area contributed by atoms with Gasteiger partial charge in [0.15, 0.2) is 0 Å². The van der Waals surface area contributed by atoms with Crippen LogP contribution in [0.4, 0.5) is 0 Å². The van der Waals surface area contributed by atoms with Crippen molar-refractivity contribution >= 4 is 5.97 Å². The van der Waals surface area contributed by atoms with Gasteiger partial charge in [0, 0.05) is 5.57 Å². The van der Waals surface area contributed by atoms with Gasteiger partial charge in [-0.3, -0.25) is 0 Å². The van der Waals surface area contributed by atoms with E-state index in [4.69, 9.17) is 4.74 Å². The van der Waals surface area contributed by atoms with E-state index in [1.54, 1.807) is 0 Å². The van der Waals surface area contributed by atoms with E-state index in [0.29, 0.717) is 6.61 Å². The second-order valence-electron chi connectivity index (χ2n) is 3.66. The Balaban J connectivity index is 4.77. The first kappa shape index (κ1) is 14.2. The van der Waals surface area contributed by atoms with Crippen LogP contribution in [0.15, 0.2) is 11.1 Å². The van der Waals surface area contributed by atoms with Crippen molar-refractivity contribution in [1.29, 1.82) is 0 Å². The molecule has 2 heteroatoms. The molecule has 15 heavy (non-hydrogen) atoms. The molecule has 0 aromatic rings. The van der Waals surface area contributed by atoms with Crippen LogP contribution < -0.4 is 0 Å². The molecule has 0 aromatic heterocycles. The number of carbonyl (C=O) groups is 1. The number of hydrogen-bond donors (Lipinski definition) is 0. The van der Waals surface area contributed by atoms with Crippen molar-refractivity contribution in [2.24, 2.45) is 0 Å². The maximum atomic E-state index is 11.7. The second kappa shape index (κ2) is 8.51. The van der Waals surface area contributed by atoms with Gasteiger partial charge in [0.25, 0.3) is 0 Å². The minimum Gasteiger partial charge on any atom is -0.463 e. The predicted molar refractivity (Wildman–Crippen MR) is 63.8 cm³/mol. The van der Waals surface area contributed by atoms with Gasteiger partial charge in [-0.15, -0.1) is 0 Å². The molecule has 0 saturated carbocycles. The molecule has 0 spiro atoms. The van der Waals surface area contributed by atoms with Crippen LogP contribution in [0.25, 0.3) is 0 Å². The molecule has 2 nitrogen and oxygen atoms in total. The van der Waals surface area contributed by atoms with Gasteiger partial charge in [0.1, 0.15) is 0 Å². The van der Waals surface area contributed by atoms with Crippen molar-refractivity contribution < 1.29 is 9.53 Å².